The molecule has 2 nitrogen and oxygen atoms in total. The topological polar surface area (TPSA) is 26.3 Å². The highest BCUT2D eigenvalue weighted by Crippen LogP contribution is 2.62. The molecule has 2 heteroatoms. The first-order chi connectivity index (χ1) is 7.98. The molecule has 0 amide bonds. The molecule has 3 rings (SSSR count). The first-order valence-electron chi connectivity index (χ1n) is 6.59. The third-order valence-electron chi connectivity index (χ3n) is 5.15. The van der Waals surface area contributed by atoms with Gasteiger partial charge in [0.2, 0.25) is 0 Å². The van der Waals surface area contributed by atoms with Crippen LogP contribution in [-0.2, 0) is 9.53 Å². The van der Waals surface area contributed by atoms with Crippen LogP contribution in [0.4, 0.5) is 0 Å². The summed E-state index contributed by atoms with van der Waals surface area (Å²) in [6.45, 7) is 8.39. The normalized spacial score (nSPS) is 44.8. The van der Waals surface area contributed by atoms with E-state index >= 15 is 0 Å². The van der Waals surface area contributed by atoms with Crippen molar-refractivity contribution in [1.82, 2.24) is 0 Å². The second-order valence-electron chi connectivity index (χ2n) is 6.20. The molecular formula is C15H20O2. The first-order valence-corrected chi connectivity index (χ1v) is 6.59. The Bertz CT molecular complexity index is 434. The van der Waals surface area contributed by atoms with Crippen molar-refractivity contribution >= 4 is 5.97 Å². The van der Waals surface area contributed by atoms with E-state index in [4.69, 9.17) is 4.74 Å². The SMILES string of the molecule is C=C1C(=O)O[C@]23C=C(C)CCC[C@@]2(C)CC[C@@H]13. The number of allylic oxidation sites excluding steroid dienone is 1. The molecule has 2 aliphatic carbocycles. The molecule has 0 N–H and O–H groups in total. The number of esters is 1. The quantitative estimate of drug-likeness (QED) is 0.363. The smallest absolute Gasteiger partial charge is 0.334 e. The monoisotopic (exact) mass is 232 g/mol. The fraction of sp³-hybridized carbons (Fsp3) is 0.667. The summed E-state index contributed by atoms with van der Waals surface area (Å²) in [5.74, 6) is 0.0416. The molecule has 2 fully saturated rings. The van der Waals surface area contributed by atoms with Crippen molar-refractivity contribution in [1.29, 1.82) is 0 Å². The summed E-state index contributed by atoms with van der Waals surface area (Å²) in [7, 11) is 0. The minimum Gasteiger partial charge on any atom is -0.450 e. The van der Waals surface area contributed by atoms with E-state index in [-0.39, 0.29) is 22.9 Å². The summed E-state index contributed by atoms with van der Waals surface area (Å²) in [4.78, 5) is 11.8. The van der Waals surface area contributed by atoms with Crippen LogP contribution in [0.25, 0.3) is 0 Å². The third kappa shape index (κ3) is 1.24. The van der Waals surface area contributed by atoms with Crippen LogP contribution in [0.2, 0.25) is 0 Å². The van der Waals surface area contributed by atoms with Crippen molar-refractivity contribution in [2.45, 2.75) is 51.6 Å². The van der Waals surface area contributed by atoms with Gasteiger partial charge in [0.05, 0.1) is 0 Å². The van der Waals surface area contributed by atoms with E-state index in [0.29, 0.717) is 5.57 Å². The minimum atomic E-state index is -0.373. The average Bonchev–Trinajstić information content (AvgIpc) is 2.59. The maximum atomic E-state index is 11.8. The lowest BCUT2D eigenvalue weighted by Crippen LogP contribution is -2.43. The Hall–Kier alpha value is -1.05. The summed E-state index contributed by atoms with van der Waals surface area (Å²) in [6.07, 6.45) is 7.93. The Labute approximate surface area is 103 Å². The van der Waals surface area contributed by atoms with Crippen molar-refractivity contribution < 1.29 is 9.53 Å². The largest absolute Gasteiger partial charge is 0.450 e. The summed E-state index contributed by atoms with van der Waals surface area (Å²) >= 11 is 0. The Morgan fingerprint density at radius 3 is 3.00 bits per heavy atom. The number of carbonyl (C=O) groups is 1. The molecule has 0 aromatic rings. The molecule has 1 saturated heterocycles. The fourth-order valence-electron chi connectivity index (χ4n) is 4.10. The Kier molecular flexibility index (Phi) is 2.11. The highest BCUT2D eigenvalue weighted by atomic mass is 16.6. The lowest BCUT2D eigenvalue weighted by atomic mass is 9.70. The Balaban J connectivity index is 2.16. The van der Waals surface area contributed by atoms with E-state index < -0.39 is 0 Å². The molecular weight excluding hydrogens is 212 g/mol. The van der Waals surface area contributed by atoms with Crippen LogP contribution in [0.1, 0.15) is 46.0 Å². The van der Waals surface area contributed by atoms with Gasteiger partial charge in [-0.2, -0.15) is 0 Å². The second kappa shape index (κ2) is 3.24. The number of hydrogen-bond donors (Lipinski definition) is 0. The molecule has 1 heterocycles. The van der Waals surface area contributed by atoms with Gasteiger partial charge in [0.1, 0.15) is 5.60 Å². The molecule has 1 spiro atoms. The van der Waals surface area contributed by atoms with Gasteiger partial charge in [-0.1, -0.05) is 19.1 Å². The molecule has 17 heavy (non-hydrogen) atoms. The molecule has 3 atom stereocenters. The molecule has 92 valence electrons. The van der Waals surface area contributed by atoms with E-state index in [9.17, 15) is 4.79 Å². The number of ether oxygens (including phenoxy) is 1. The first kappa shape index (κ1) is 11.1. The van der Waals surface area contributed by atoms with E-state index in [2.05, 4.69) is 26.5 Å². The van der Waals surface area contributed by atoms with Crippen molar-refractivity contribution in [2.75, 3.05) is 0 Å². The van der Waals surface area contributed by atoms with E-state index in [1.807, 2.05) is 0 Å². The predicted molar refractivity (Wildman–Crippen MR) is 66.4 cm³/mol. The average molecular weight is 232 g/mol. The van der Waals surface area contributed by atoms with Gasteiger partial charge < -0.3 is 4.74 Å². The van der Waals surface area contributed by atoms with Gasteiger partial charge in [0.15, 0.2) is 0 Å². The molecule has 1 saturated carbocycles. The second-order valence-corrected chi connectivity index (χ2v) is 6.20. The van der Waals surface area contributed by atoms with Crippen LogP contribution in [0.3, 0.4) is 0 Å². The lowest BCUT2D eigenvalue weighted by Gasteiger charge is -2.39. The Morgan fingerprint density at radius 2 is 2.24 bits per heavy atom. The van der Waals surface area contributed by atoms with Crippen molar-refractivity contribution in [3.05, 3.63) is 23.8 Å². The summed E-state index contributed by atoms with van der Waals surface area (Å²) in [5.41, 5.74) is 1.80. The van der Waals surface area contributed by atoms with E-state index in [1.54, 1.807) is 0 Å². The molecule has 1 aliphatic heterocycles. The number of carbonyl (C=O) groups excluding carboxylic acids is 1. The van der Waals surface area contributed by atoms with E-state index in [1.165, 1.54) is 12.0 Å². The lowest BCUT2D eigenvalue weighted by molar-refractivity contribution is -0.151. The van der Waals surface area contributed by atoms with Gasteiger partial charge in [-0.05, 0) is 45.1 Å². The van der Waals surface area contributed by atoms with Crippen LogP contribution in [0.5, 0.6) is 0 Å². The van der Waals surface area contributed by atoms with Gasteiger partial charge in [-0.3, -0.25) is 0 Å². The minimum absolute atomic E-state index is 0.116. The van der Waals surface area contributed by atoms with Crippen molar-refractivity contribution in [3.8, 4) is 0 Å². The molecule has 0 aromatic carbocycles. The number of hydrogen-bond acceptors (Lipinski definition) is 2. The Morgan fingerprint density at radius 1 is 1.47 bits per heavy atom. The summed E-state index contributed by atoms with van der Waals surface area (Å²) < 4.78 is 5.83. The maximum absolute atomic E-state index is 11.8. The highest BCUT2D eigenvalue weighted by Gasteiger charge is 2.64. The molecule has 0 unspecified atom stereocenters. The van der Waals surface area contributed by atoms with Crippen LogP contribution in [0.15, 0.2) is 23.8 Å². The van der Waals surface area contributed by atoms with Crippen molar-refractivity contribution in [2.24, 2.45) is 11.3 Å². The zero-order chi connectivity index (χ0) is 12.3. The van der Waals surface area contributed by atoms with Crippen LogP contribution in [-0.4, -0.2) is 11.6 Å². The maximum Gasteiger partial charge on any atom is 0.334 e. The molecule has 0 radical (unpaired) electrons. The van der Waals surface area contributed by atoms with Gasteiger partial charge in [-0.25, -0.2) is 4.79 Å². The van der Waals surface area contributed by atoms with Gasteiger partial charge in [0.25, 0.3) is 0 Å². The van der Waals surface area contributed by atoms with Crippen LogP contribution in [0, 0.1) is 11.3 Å². The zero-order valence-electron chi connectivity index (χ0n) is 10.7. The number of rotatable bonds is 0. The molecule has 0 bridgehead atoms. The fourth-order valence-corrected chi connectivity index (χ4v) is 4.10. The van der Waals surface area contributed by atoms with E-state index in [0.717, 1.165) is 25.7 Å². The molecule has 0 aromatic heterocycles. The van der Waals surface area contributed by atoms with Crippen LogP contribution >= 0.6 is 0 Å². The predicted octanol–water partition coefficient (Wildman–Crippen LogP) is 3.38. The van der Waals surface area contributed by atoms with Gasteiger partial charge in [0, 0.05) is 16.9 Å². The van der Waals surface area contributed by atoms with Gasteiger partial charge >= 0.3 is 5.97 Å². The molecule has 3 aliphatic rings. The van der Waals surface area contributed by atoms with Crippen LogP contribution < -0.4 is 0 Å². The zero-order valence-corrected chi connectivity index (χ0v) is 10.7. The summed E-state index contributed by atoms with van der Waals surface area (Å²) in [5, 5.41) is 0. The standard InChI is InChI=1S/C15H20O2/c1-10-5-4-7-14(3)8-6-12-11(2)13(16)17-15(12,14)9-10/h9,12H,2,4-8H2,1,3H3/t12-,14-,15-/m0/s1. The highest BCUT2D eigenvalue weighted by molar-refractivity contribution is 5.92. The summed E-state index contributed by atoms with van der Waals surface area (Å²) in [6, 6.07) is 0. The third-order valence-corrected chi connectivity index (χ3v) is 5.15. The van der Waals surface area contributed by atoms with Crippen molar-refractivity contribution in [3.63, 3.8) is 0 Å². The van der Waals surface area contributed by atoms with Gasteiger partial charge in [-0.15, -0.1) is 0 Å².